The number of aromatic hydroxyl groups is 1. The second-order valence-electron chi connectivity index (χ2n) is 11.0. The van der Waals surface area contributed by atoms with E-state index in [0.29, 0.717) is 53.7 Å². The summed E-state index contributed by atoms with van der Waals surface area (Å²) in [6.07, 6.45) is -0.817. The number of pyridine rings is 1. The van der Waals surface area contributed by atoms with Crippen molar-refractivity contribution in [2.75, 3.05) is 11.9 Å². The lowest BCUT2D eigenvalue weighted by atomic mass is 9.99. The number of anilines is 1. The summed E-state index contributed by atoms with van der Waals surface area (Å²) in [6, 6.07) is 26.7. The van der Waals surface area contributed by atoms with Crippen molar-refractivity contribution in [1.29, 1.82) is 0 Å². The number of aromatic amines is 1. The number of nitrogens with one attached hydrogen (secondary N) is 3. The number of hydrogen-bond donors (Lipinski definition) is 6. The molecule has 6 aromatic rings. The molecule has 0 aliphatic rings. The van der Waals surface area contributed by atoms with E-state index < -0.39 is 18.0 Å². The summed E-state index contributed by atoms with van der Waals surface area (Å²) in [5.74, 6) is -0.530. The molecule has 0 saturated carbocycles. The zero-order valence-corrected chi connectivity index (χ0v) is 25.5. The van der Waals surface area contributed by atoms with Crippen LogP contribution >= 0.6 is 0 Å². The molecule has 13 heteroatoms. The Hall–Kier alpha value is -5.79. The summed E-state index contributed by atoms with van der Waals surface area (Å²) in [6.45, 7) is 1.02. The SMILES string of the molecule is F.F.O=C(O)Nc1cc(CCCn2c(=O)oc3ccc(CNC[C@@H](O)c4ccc(O)c5[nH]c(=O)ccc45)cc32)ccc1-c1ccccc1. The molecular formula is C35H34F2N4O7. The number of hydrogen-bond acceptors (Lipinski definition) is 7. The number of fused-ring (bicyclic) bond motifs is 2. The number of aliphatic hydroxyl groups excluding tert-OH is 1. The Morgan fingerprint density at radius 3 is 2.46 bits per heavy atom. The van der Waals surface area contributed by atoms with Crippen LogP contribution in [0.3, 0.4) is 0 Å². The van der Waals surface area contributed by atoms with Crippen molar-refractivity contribution in [1.82, 2.24) is 14.9 Å². The standard InChI is InChI=1S/C35H32N4O7.2FH/c40-29-13-11-25(26-12-15-32(42)38-33(26)29)30(41)20-36-19-22-9-14-31-28(18-22)39(35(45)46-31)16-4-5-21-8-10-24(23-6-2-1-3-7-23)27(17-21)37-34(43)44;;/h1-3,6-15,17-18,30,36-37,40-41H,4-5,16,19-20H2,(H,38,42)(H,43,44);2*1H/t30-;;/m1../s1. The number of aryl methyl sites for hydroxylation is 2. The second-order valence-corrected chi connectivity index (χ2v) is 11.0. The third kappa shape index (κ3) is 7.60. The third-order valence-electron chi connectivity index (χ3n) is 7.92. The number of rotatable bonds is 11. The number of halogens is 2. The number of aliphatic hydroxyl groups is 1. The van der Waals surface area contributed by atoms with Gasteiger partial charge in [-0.25, -0.2) is 9.59 Å². The quantitative estimate of drug-likeness (QED) is 0.103. The zero-order valence-electron chi connectivity index (χ0n) is 25.5. The van der Waals surface area contributed by atoms with E-state index in [1.165, 1.54) is 12.1 Å². The molecule has 0 aliphatic heterocycles. The average Bonchev–Trinajstić information content (AvgIpc) is 3.35. The van der Waals surface area contributed by atoms with E-state index in [1.54, 1.807) is 22.8 Å². The van der Waals surface area contributed by atoms with Crippen molar-refractivity contribution >= 4 is 33.8 Å². The van der Waals surface area contributed by atoms with E-state index in [1.807, 2.05) is 60.7 Å². The molecule has 6 rings (SSSR count). The fraction of sp³-hybridized carbons (Fsp3) is 0.171. The van der Waals surface area contributed by atoms with Crippen LogP contribution in [0.15, 0.2) is 105 Å². The Labute approximate surface area is 271 Å². The van der Waals surface area contributed by atoms with E-state index in [4.69, 9.17) is 4.42 Å². The molecule has 0 saturated heterocycles. The molecule has 0 spiro atoms. The Balaban J connectivity index is 0.00000260. The topological polar surface area (TPSA) is 170 Å². The number of oxazole rings is 1. The highest BCUT2D eigenvalue weighted by Crippen LogP contribution is 2.30. The van der Waals surface area contributed by atoms with Crippen molar-refractivity contribution in [3.05, 3.63) is 129 Å². The molecule has 0 aliphatic carbocycles. The van der Waals surface area contributed by atoms with Gasteiger partial charge in [0.15, 0.2) is 5.58 Å². The number of phenols is 1. The minimum absolute atomic E-state index is 0. The number of aromatic nitrogens is 2. The van der Waals surface area contributed by atoms with Crippen molar-refractivity contribution in [2.24, 2.45) is 0 Å². The fourth-order valence-electron chi connectivity index (χ4n) is 5.72. The van der Waals surface area contributed by atoms with Crippen LogP contribution < -0.4 is 21.9 Å². The molecular weight excluding hydrogens is 626 g/mol. The molecule has 0 radical (unpaired) electrons. The molecule has 1 amide bonds. The van der Waals surface area contributed by atoms with Crippen LogP contribution in [-0.4, -0.2) is 37.5 Å². The van der Waals surface area contributed by atoms with Crippen LogP contribution in [0.2, 0.25) is 0 Å². The normalized spacial score (nSPS) is 11.5. The minimum atomic E-state index is -1.14. The fourth-order valence-corrected chi connectivity index (χ4v) is 5.72. The van der Waals surface area contributed by atoms with Crippen molar-refractivity contribution in [3.8, 4) is 16.9 Å². The highest BCUT2D eigenvalue weighted by molar-refractivity contribution is 5.91. The van der Waals surface area contributed by atoms with Gasteiger partial charge in [0.1, 0.15) is 5.75 Å². The Kier molecular flexibility index (Phi) is 11.1. The number of carbonyl (C=O) groups is 1. The smallest absolute Gasteiger partial charge is 0.419 e. The van der Waals surface area contributed by atoms with E-state index in [-0.39, 0.29) is 32.8 Å². The molecule has 4 aromatic carbocycles. The van der Waals surface area contributed by atoms with Crippen molar-refractivity contribution in [2.45, 2.75) is 32.0 Å². The minimum Gasteiger partial charge on any atom is -0.506 e. The molecule has 48 heavy (non-hydrogen) atoms. The number of phenolic OH excluding ortho intramolecular Hbond substituents is 1. The molecule has 250 valence electrons. The highest BCUT2D eigenvalue weighted by Gasteiger charge is 2.15. The molecule has 2 aromatic heterocycles. The van der Waals surface area contributed by atoms with Gasteiger partial charge in [-0.3, -0.25) is 24.1 Å². The summed E-state index contributed by atoms with van der Waals surface area (Å²) in [4.78, 5) is 38.5. The predicted octanol–water partition coefficient (Wildman–Crippen LogP) is 5.66. The average molecular weight is 661 g/mol. The van der Waals surface area contributed by atoms with Gasteiger partial charge in [-0.05, 0) is 65.4 Å². The molecule has 1 atom stereocenters. The van der Waals surface area contributed by atoms with Gasteiger partial charge in [-0.2, -0.15) is 0 Å². The summed E-state index contributed by atoms with van der Waals surface area (Å²) in [5, 5.41) is 36.7. The lowest BCUT2D eigenvalue weighted by molar-refractivity contribution is 0.176. The molecule has 6 N–H and O–H groups in total. The number of H-pyrrole nitrogens is 1. The second kappa shape index (κ2) is 15.2. The zero-order chi connectivity index (χ0) is 32.2. The first-order valence-corrected chi connectivity index (χ1v) is 14.8. The monoisotopic (exact) mass is 660 g/mol. The van der Waals surface area contributed by atoms with Crippen molar-refractivity contribution in [3.63, 3.8) is 0 Å². The number of nitrogens with zero attached hydrogens (tertiary/aromatic N) is 1. The highest BCUT2D eigenvalue weighted by atomic mass is 19.0. The summed E-state index contributed by atoms with van der Waals surface area (Å²) >= 11 is 0. The molecule has 0 unspecified atom stereocenters. The number of amides is 1. The van der Waals surface area contributed by atoms with Gasteiger partial charge < -0.3 is 30.0 Å². The largest absolute Gasteiger partial charge is 0.506 e. The van der Waals surface area contributed by atoms with E-state index in [9.17, 15) is 29.7 Å². The summed E-state index contributed by atoms with van der Waals surface area (Å²) < 4.78 is 7.06. The number of benzene rings is 4. The Morgan fingerprint density at radius 1 is 0.917 bits per heavy atom. The summed E-state index contributed by atoms with van der Waals surface area (Å²) in [7, 11) is 0. The molecule has 0 fully saturated rings. The van der Waals surface area contributed by atoms with Crippen LogP contribution in [-0.2, 0) is 19.5 Å². The van der Waals surface area contributed by atoms with E-state index in [2.05, 4.69) is 15.6 Å². The van der Waals surface area contributed by atoms with Crippen LogP contribution in [0.1, 0.15) is 29.2 Å². The van der Waals surface area contributed by atoms with Gasteiger partial charge in [0.2, 0.25) is 5.56 Å². The third-order valence-corrected chi connectivity index (χ3v) is 7.92. The van der Waals surface area contributed by atoms with Crippen LogP contribution in [0.25, 0.3) is 33.1 Å². The predicted molar refractivity (Wildman–Crippen MR) is 180 cm³/mol. The first-order chi connectivity index (χ1) is 22.3. The maximum Gasteiger partial charge on any atom is 0.419 e. The molecule has 11 nitrogen and oxygen atoms in total. The van der Waals surface area contributed by atoms with Crippen LogP contribution in [0.4, 0.5) is 19.9 Å². The lowest BCUT2D eigenvalue weighted by Gasteiger charge is -2.15. The van der Waals surface area contributed by atoms with Gasteiger partial charge in [0, 0.05) is 36.7 Å². The maximum absolute atomic E-state index is 12.7. The Bertz CT molecular complexity index is 2160. The van der Waals surface area contributed by atoms with E-state index >= 15 is 0 Å². The van der Waals surface area contributed by atoms with Crippen molar-refractivity contribution < 1.29 is 33.9 Å². The molecule has 0 bridgehead atoms. The Morgan fingerprint density at radius 2 is 1.69 bits per heavy atom. The maximum atomic E-state index is 12.7. The summed E-state index contributed by atoms with van der Waals surface area (Å²) in [5.41, 5.74) is 5.62. The van der Waals surface area contributed by atoms with Gasteiger partial charge in [0.05, 0.1) is 22.8 Å². The van der Waals surface area contributed by atoms with Gasteiger partial charge in [-0.1, -0.05) is 54.6 Å². The molecule has 2 heterocycles. The van der Waals surface area contributed by atoms with Gasteiger partial charge in [-0.15, -0.1) is 0 Å². The van der Waals surface area contributed by atoms with Gasteiger partial charge in [0.25, 0.3) is 0 Å². The first kappa shape index (κ1) is 35.1. The first-order valence-electron chi connectivity index (χ1n) is 14.8. The van der Waals surface area contributed by atoms with Crippen LogP contribution in [0, 0.1) is 0 Å². The lowest BCUT2D eigenvalue weighted by Crippen LogP contribution is -2.21. The van der Waals surface area contributed by atoms with Crippen LogP contribution in [0.5, 0.6) is 5.75 Å². The number of carboxylic acid groups (broad SMARTS) is 1. The van der Waals surface area contributed by atoms with E-state index in [0.717, 1.165) is 22.3 Å². The van der Waals surface area contributed by atoms with Gasteiger partial charge >= 0.3 is 11.8 Å².